The Hall–Kier alpha value is 0.217. The third-order valence-corrected chi connectivity index (χ3v) is 1.39. The van der Waals surface area contributed by atoms with Crippen molar-refractivity contribution in [2.24, 2.45) is 5.92 Å². The van der Waals surface area contributed by atoms with Crippen molar-refractivity contribution in [2.75, 3.05) is 0 Å². The Balaban J connectivity index is 0.000000148. The molecule has 0 aromatic carbocycles. The maximum Gasteiger partial charge on any atom is 0.0379 e. The Labute approximate surface area is 61.3 Å². The van der Waals surface area contributed by atoms with Crippen LogP contribution in [0.2, 0.25) is 19.6 Å². The van der Waals surface area contributed by atoms with Crippen LogP contribution in [0.25, 0.3) is 0 Å². The summed E-state index contributed by atoms with van der Waals surface area (Å²) < 4.78 is 0. The quantitative estimate of drug-likeness (QED) is 0.457. The van der Waals surface area contributed by atoms with E-state index < -0.39 is 0 Å². The van der Waals surface area contributed by atoms with Crippen LogP contribution in [0.4, 0.5) is 0 Å². The summed E-state index contributed by atoms with van der Waals surface area (Å²) in [4.78, 5) is 0. The average molecular weight is 143 g/mol. The molecule has 0 atom stereocenters. The molecule has 1 saturated carbocycles. The van der Waals surface area contributed by atoms with Crippen LogP contribution in [0.5, 0.6) is 0 Å². The summed E-state index contributed by atoms with van der Waals surface area (Å²) in [5.41, 5.74) is 0. The van der Waals surface area contributed by atoms with E-state index >= 15 is 0 Å². The monoisotopic (exact) mass is 143 g/mol. The van der Waals surface area contributed by atoms with Crippen molar-refractivity contribution in [3.63, 3.8) is 0 Å². The van der Waals surface area contributed by atoms with Gasteiger partial charge in [-0.2, -0.15) is 0 Å². The number of hydrogen-bond acceptors (Lipinski definition) is 0. The Bertz CT molecular complexity index is 52.8. The van der Waals surface area contributed by atoms with Crippen molar-refractivity contribution in [3.8, 4) is 0 Å². The van der Waals surface area contributed by atoms with Crippen LogP contribution in [0, 0.1) is 5.92 Å². The first kappa shape index (κ1) is 9.22. The van der Waals surface area contributed by atoms with E-state index in [4.69, 9.17) is 0 Å². The van der Waals surface area contributed by atoms with Gasteiger partial charge in [0.1, 0.15) is 0 Å². The van der Waals surface area contributed by atoms with Gasteiger partial charge in [-0.3, -0.25) is 0 Å². The van der Waals surface area contributed by atoms with Gasteiger partial charge in [0, 0.05) is 8.80 Å². The first-order chi connectivity index (χ1) is 4.13. The van der Waals surface area contributed by atoms with E-state index in [0.29, 0.717) is 0 Å². The first-order valence-electron chi connectivity index (χ1n) is 3.89. The second-order valence-electron chi connectivity index (χ2n) is 3.54. The Morgan fingerprint density at radius 3 is 1.33 bits per heavy atom. The molecule has 1 aliphatic rings. The zero-order valence-corrected chi connectivity index (χ0v) is 8.20. The lowest BCUT2D eigenvalue weighted by atomic mass is 9.88. The van der Waals surface area contributed by atoms with Crippen LogP contribution >= 0.6 is 0 Å². The van der Waals surface area contributed by atoms with Gasteiger partial charge in [0.25, 0.3) is 0 Å². The van der Waals surface area contributed by atoms with Crippen molar-refractivity contribution >= 4 is 8.80 Å². The van der Waals surface area contributed by atoms with Crippen molar-refractivity contribution in [1.82, 2.24) is 0 Å². The molecule has 1 radical (unpaired) electrons. The van der Waals surface area contributed by atoms with E-state index in [1.165, 1.54) is 19.3 Å². The summed E-state index contributed by atoms with van der Waals surface area (Å²) in [5, 5.41) is 0. The second kappa shape index (κ2) is 5.04. The second-order valence-corrected chi connectivity index (χ2v) is 6.54. The molecule has 0 amide bonds. The predicted octanol–water partition coefficient (Wildman–Crippen LogP) is 3.18. The lowest BCUT2D eigenvalue weighted by Gasteiger charge is -2.18. The molecule has 1 rings (SSSR count). The Morgan fingerprint density at radius 1 is 1.11 bits per heavy atom. The van der Waals surface area contributed by atoms with Gasteiger partial charge in [0.2, 0.25) is 0 Å². The molecule has 0 saturated heterocycles. The predicted molar refractivity (Wildman–Crippen MR) is 46.4 cm³/mol. The van der Waals surface area contributed by atoms with Crippen molar-refractivity contribution in [1.29, 1.82) is 0 Å². The van der Waals surface area contributed by atoms with Crippen LogP contribution in [0.3, 0.4) is 0 Å². The fraction of sp³-hybridized carbons (Fsp3) is 1.00. The maximum absolute atomic E-state index is 2.31. The smallest absolute Gasteiger partial charge is 0.0379 e. The summed E-state index contributed by atoms with van der Waals surface area (Å²) in [6.07, 6.45) is 4.46. The molecule has 9 heavy (non-hydrogen) atoms. The molecule has 0 N–H and O–H groups in total. The van der Waals surface area contributed by atoms with Crippen LogP contribution in [0.1, 0.15) is 26.2 Å². The zero-order chi connectivity index (χ0) is 7.28. The number of rotatable bonds is 0. The standard InChI is InChI=1S/C5H10.C3H9Si/c1-5-3-2-4-5;1-4(2)3/h5H,2-4H2,1H3;1-3H3. The molecular weight excluding hydrogens is 124 g/mol. The highest BCUT2D eigenvalue weighted by atomic mass is 28.3. The third-order valence-electron chi connectivity index (χ3n) is 1.39. The molecule has 0 aromatic heterocycles. The molecule has 1 heteroatoms. The highest BCUT2D eigenvalue weighted by molar-refractivity contribution is 6.54. The topological polar surface area (TPSA) is 0 Å². The maximum atomic E-state index is 2.31. The minimum absolute atomic E-state index is 0.120. The number of hydrogen-bond donors (Lipinski definition) is 0. The van der Waals surface area contributed by atoms with Crippen molar-refractivity contribution in [2.45, 2.75) is 45.8 Å². The van der Waals surface area contributed by atoms with E-state index in [-0.39, 0.29) is 8.80 Å². The van der Waals surface area contributed by atoms with Crippen LogP contribution in [-0.2, 0) is 0 Å². The van der Waals surface area contributed by atoms with Gasteiger partial charge < -0.3 is 0 Å². The van der Waals surface area contributed by atoms with E-state index in [9.17, 15) is 0 Å². The lowest BCUT2D eigenvalue weighted by Crippen LogP contribution is -2.04. The van der Waals surface area contributed by atoms with Gasteiger partial charge in [-0.1, -0.05) is 45.8 Å². The molecule has 1 aliphatic carbocycles. The van der Waals surface area contributed by atoms with Crippen LogP contribution < -0.4 is 0 Å². The van der Waals surface area contributed by atoms with Gasteiger partial charge in [-0.25, -0.2) is 0 Å². The molecule has 55 valence electrons. The molecule has 0 aliphatic heterocycles. The third kappa shape index (κ3) is 8.22. The van der Waals surface area contributed by atoms with Gasteiger partial charge >= 0.3 is 0 Å². The summed E-state index contributed by atoms with van der Waals surface area (Å²) in [5.74, 6) is 1.06. The summed E-state index contributed by atoms with van der Waals surface area (Å²) in [6.45, 7) is 9.11. The first-order valence-corrected chi connectivity index (χ1v) is 6.89. The largest absolute Gasteiger partial charge is 0.0715 e. The molecule has 0 bridgehead atoms. The van der Waals surface area contributed by atoms with Crippen molar-refractivity contribution in [3.05, 3.63) is 0 Å². The van der Waals surface area contributed by atoms with E-state index in [2.05, 4.69) is 26.6 Å². The van der Waals surface area contributed by atoms with Crippen LogP contribution in [-0.4, -0.2) is 8.80 Å². The molecule has 1 fully saturated rings. The van der Waals surface area contributed by atoms with E-state index in [1.54, 1.807) is 0 Å². The zero-order valence-electron chi connectivity index (χ0n) is 7.20. The summed E-state index contributed by atoms with van der Waals surface area (Å²) in [7, 11) is 0.120. The fourth-order valence-corrected chi connectivity index (χ4v) is 0.612. The Kier molecular flexibility index (Phi) is 5.16. The summed E-state index contributed by atoms with van der Waals surface area (Å²) in [6, 6.07) is 0. The van der Waals surface area contributed by atoms with Crippen molar-refractivity contribution < 1.29 is 0 Å². The molecule has 0 heterocycles. The molecule has 0 nitrogen and oxygen atoms in total. The van der Waals surface area contributed by atoms with Gasteiger partial charge in [-0.15, -0.1) is 0 Å². The van der Waals surface area contributed by atoms with Gasteiger partial charge in [0.15, 0.2) is 0 Å². The normalized spacial score (nSPS) is 18.3. The minimum atomic E-state index is 0.120. The van der Waals surface area contributed by atoms with Gasteiger partial charge in [-0.05, 0) is 5.92 Å². The highest BCUT2D eigenvalue weighted by Crippen LogP contribution is 2.24. The molecule has 0 aromatic rings. The minimum Gasteiger partial charge on any atom is -0.0715 e. The van der Waals surface area contributed by atoms with E-state index in [1.807, 2.05) is 0 Å². The van der Waals surface area contributed by atoms with Gasteiger partial charge in [0.05, 0.1) is 0 Å². The van der Waals surface area contributed by atoms with Crippen LogP contribution in [0.15, 0.2) is 0 Å². The lowest BCUT2D eigenvalue weighted by molar-refractivity contribution is 0.346. The average Bonchev–Trinajstić information content (AvgIpc) is 1.59. The Morgan fingerprint density at radius 2 is 1.33 bits per heavy atom. The van der Waals surface area contributed by atoms with E-state index in [0.717, 1.165) is 5.92 Å². The fourth-order valence-electron chi connectivity index (χ4n) is 0.612. The molecular formula is C8H19Si. The summed E-state index contributed by atoms with van der Waals surface area (Å²) >= 11 is 0. The highest BCUT2D eigenvalue weighted by Gasteiger charge is 2.09. The molecule has 0 unspecified atom stereocenters. The molecule has 0 spiro atoms. The SMILES string of the molecule is CC1CCC1.C[Si](C)C.